The van der Waals surface area contributed by atoms with Crippen LogP contribution in [0.4, 0.5) is 0 Å². The first-order valence-electron chi connectivity index (χ1n) is 5.98. The van der Waals surface area contributed by atoms with E-state index in [4.69, 9.17) is 4.74 Å². The number of carbonyl (C=O) groups excluding carboxylic acids is 1. The number of rotatable bonds is 4. The molecule has 1 aromatic carbocycles. The minimum atomic E-state index is -0.0249. The summed E-state index contributed by atoms with van der Waals surface area (Å²) in [4.78, 5) is 12.1. The monoisotopic (exact) mass is 276 g/mol. The van der Waals surface area contributed by atoms with Gasteiger partial charge in [-0.1, -0.05) is 12.1 Å². The number of hydrogen-bond donors (Lipinski definition) is 1. The second-order valence-electron chi connectivity index (χ2n) is 4.09. The number of nitrogens with zero attached hydrogens (tertiary/aromatic N) is 1. The van der Waals surface area contributed by atoms with Crippen LogP contribution in [0.5, 0.6) is 5.75 Å². The van der Waals surface area contributed by atoms with Crippen LogP contribution in [0.1, 0.15) is 18.4 Å². The third kappa shape index (κ3) is 3.61. The number of allylic oxidation sites excluding steroid dienone is 1. The fraction of sp³-hybridized carbons (Fsp3) is 0.286. The summed E-state index contributed by atoms with van der Waals surface area (Å²) < 4.78 is 5.34. The third-order valence-electron chi connectivity index (χ3n) is 2.81. The molecule has 1 aromatic rings. The lowest BCUT2D eigenvalue weighted by Gasteiger charge is -2.09. The number of methoxy groups -OCH3 is 1. The summed E-state index contributed by atoms with van der Waals surface area (Å²) in [6, 6.07) is 6.06. The minimum Gasteiger partial charge on any atom is -0.496 e. The Bertz CT molecular complexity index is 538. The van der Waals surface area contributed by atoms with Crippen molar-refractivity contribution >= 4 is 29.5 Å². The van der Waals surface area contributed by atoms with Crippen molar-refractivity contribution in [2.24, 2.45) is 5.10 Å². The molecule has 0 aliphatic carbocycles. The van der Waals surface area contributed by atoms with Crippen LogP contribution in [-0.4, -0.2) is 25.0 Å². The quantitative estimate of drug-likeness (QED) is 0.860. The molecule has 0 saturated carbocycles. The van der Waals surface area contributed by atoms with E-state index in [1.54, 1.807) is 18.9 Å². The van der Waals surface area contributed by atoms with Crippen molar-refractivity contribution in [1.29, 1.82) is 0 Å². The highest BCUT2D eigenvalue weighted by Crippen LogP contribution is 2.28. The second-order valence-corrected chi connectivity index (χ2v) is 4.93. The van der Waals surface area contributed by atoms with Gasteiger partial charge in [0.05, 0.1) is 12.8 Å². The molecule has 0 atom stereocenters. The van der Waals surface area contributed by atoms with E-state index < -0.39 is 0 Å². The fourth-order valence-electron chi connectivity index (χ4n) is 1.76. The Kier molecular flexibility index (Phi) is 4.63. The fourth-order valence-corrected chi connectivity index (χ4v) is 2.30. The summed E-state index contributed by atoms with van der Waals surface area (Å²) in [5.41, 5.74) is 4.41. The molecule has 1 heterocycles. The van der Waals surface area contributed by atoms with Gasteiger partial charge in [-0.05, 0) is 30.0 Å². The van der Waals surface area contributed by atoms with Crippen molar-refractivity contribution in [3.05, 3.63) is 29.8 Å². The van der Waals surface area contributed by atoms with Gasteiger partial charge < -0.3 is 4.74 Å². The van der Waals surface area contributed by atoms with E-state index in [1.807, 2.05) is 36.6 Å². The molecular weight excluding hydrogens is 260 g/mol. The number of thioether (sulfide) groups is 1. The van der Waals surface area contributed by atoms with Crippen LogP contribution in [-0.2, 0) is 4.79 Å². The van der Waals surface area contributed by atoms with Crippen LogP contribution in [0.3, 0.4) is 0 Å². The number of ether oxygens (including phenoxy) is 1. The number of hydrogen-bond acceptors (Lipinski definition) is 4. The maximum absolute atomic E-state index is 11.0. The second kappa shape index (κ2) is 6.43. The highest BCUT2D eigenvalue weighted by molar-refractivity contribution is 7.98. The van der Waals surface area contributed by atoms with Crippen molar-refractivity contribution in [3.63, 3.8) is 0 Å². The van der Waals surface area contributed by atoms with Gasteiger partial charge in [-0.25, -0.2) is 5.43 Å². The predicted molar refractivity (Wildman–Crippen MR) is 78.6 cm³/mol. The van der Waals surface area contributed by atoms with Gasteiger partial charge in [0.1, 0.15) is 5.75 Å². The maximum atomic E-state index is 11.0. The average molecular weight is 276 g/mol. The number of benzene rings is 1. The van der Waals surface area contributed by atoms with E-state index in [-0.39, 0.29) is 5.91 Å². The molecule has 0 aromatic heterocycles. The van der Waals surface area contributed by atoms with Gasteiger partial charge in [0.15, 0.2) is 0 Å². The molecule has 1 aliphatic rings. The van der Waals surface area contributed by atoms with Gasteiger partial charge in [-0.15, -0.1) is 11.8 Å². The Morgan fingerprint density at radius 3 is 2.84 bits per heavy atom. The molecule has 19 heavy (non-hydrogen) atoms. The Labute approximate surface area is 116 Å². The Balaban J connectivity index is 2.13. The largest absolute Gasteiger partial charge is 0.496 e. The Morgan fingerprint density at radius 2 is 2.21 bits per heavy atom. The SMILES string of the molecule is COc1cc(C=CC2=NNC(=O)CC2)ccc1SC. The van der Waals surface area contributed by atoms with Crippen molar-refractivity contribution in [3.8, 4) is 5.75 Å². The molecule has 0 radical (unpaired) electrons. The standard InChI is InChI=1S/C14H16N2O2S/c1-18-12-9-10(4-7-13(12)19-2)3-5-11-6-8-14(17)16-15-11/h3-5,7,9H,6,8H2,1-2H3,(H,16,17). The number of amides is 1. The molecule has 4 nitrogen and oxygen atoms in total. The molecule has 100 valence electrons. The van der Waals surface area contributed by atoms with E-state index in [0.717, 1.165) is 21.9 Å². The lowest BCUT2D eigenvalue weighted by molar-refractivity contribution is -0.121. The molecule has 0 spiro atoms. The van der Waals surface area contributed by atoms with E-state index in [9.17, 15) is 4.79 Å². The Morgan fingerprint density at radius 1 is 1.37 bits per heavy atom. The minimum absolute atomic E-state index is 0.0249. The van der Waals surface area contributed by atoms with E-state index in [1.165, 1.54) is 0 Å². The molecule has 5 heteroatoms. The van der Waals surface area contributed by atoms with Crippen LogP contribution >= 0.6 is 11.8 Å². The zero-order valence-electron chi connectivity index (χ0n) is 11.0. The topological polar surface area (TPSA) is 50.7 Å². The van der Waals surface area contributed by atoms with Crippen LogP contribution in [0.15, 0.2) is 34.3 Å². The summed E-state index contributed by atoms with van der Waals surface area (Å²) in [7, 11) is 1.67. The van der Waals surface area contributed by atoms with Gasteiger partial charge in [0.2, 0.25) is 5.91 Å². The van der Waals surface area contributed by atoms with Crippen LogP contribution in [0, 0.1) is 0 Å². The smallest absolute Gasteiger partial charge is 0.240 e. The van der Waals surface area contributed by atoms with Gasteiger partial charge in [-0.2, -0.15) is 5.10 Å². The first-order valence-corrected chi connectivity index (χ1v) is 7.21. The number of nitrogens with one attached hydrogen (secondary N) is 1. The first-order chi connectivity index (χ1) is 9.22. The summed E-state index contributed by atoms with van der Waals surface area (Å²) in [5, 5.41) is 4.00. The van der Waals surface area contributed by atoms with Gasteiger partial charge in [0.25, 0.3) is 0 Å². The van der Waals surface area contributed by atoms with Gasteiger partial charge in [0, 0.05) is 17.7 Å². The summed E-state index contributed by atoms with van der Waals surface area (Å²) in [6.45, 7) is 0. The number of hydrazone groups is 1. The van der Waals surface area contributed by atoms with Crippen LogP contribution in [0.2, 0.25) is 0 Å². The lowest BCUT2D eigenvalue weighted by atomic mass is 10.1. The van der Waals surface area contributed by atoms with Crippen LogP contribution in [0.25, 0.3) is 6.08 Å². The molecule has 0 unspecified atom stereocenters. The van der Waals surface area contributed by atoms with E-state index in [2.05, 4.69) is 10.5 Å². The molecule has 1 amide bonds. The molecule has 0 fully saturated rings. The third-order valence-corrected chi connectivity index (χ3v) is 3.59. The predicted octanol–water partition coefficient (Wildman–Crippen LogP) is 2.70. The van der Waals surface area contributed by atoms with Gasteiger partial charge in [-0.3, -0.25) is 4.79 Å². The van der Waals surface area contributed by atoms with E-state index in [0.29, 0.717) is 12.8 Å². The molecule has 1 N–H and O–H groups in total. The van der Waals surface area contributed by atoms with Crippen molar-refractivity contribution < 1.29 is 9.53 Å². The lowest BCUT2D eigenvalue weighted by Crippen LogP contribution is -2.24. The maximum Gasteiger partial charge on any atom is 0.240 e. The van der Waals surface area contributed by atoms with Gasteiger partial charge >= 0.3 is 0 Å². The van der Waals surface area contributed by atoms with Crippen molar-refractivity contribution in [1.82, 2.24) is 5.43 Å². The zero-order chi connectivity index (χ0) is 13.7. The normalized spacial score (nSPS) is 15.3. The molecule has 0 saturated heterocycles. The number of carbonyl (C=O) groups is 1. The highest BCUT2D eigenvalue weighted by atomic mass is 32.2. The van der Waals surface area contributed by atoms with Crippen molar-refractivity contribution in [2.75, 3.05) is 13.4 Å². The summed E-state index contributed by atoms with van der Waals surface area (Å²) in [5.74, 6) is 0.844. The zero-order valence-corrected chi connectivity index (χ0v) is 11.8. The Hall–Kier alpha value is -1.75. The summed E-state index contributed by atoms with van der Waals surface area (Å²) >= 11 is 1.65. The summed E-state index contributed by atoms with van der Waals surface area (Å²) in [6.07, 6.45) is 7.10. The molecular formula is C14H16N2O2S. The molecule has 2 rings (SSSR count). The first kappa shape index (κ1) is 13.7. The average Bonchev–Trinajstić information content (AvgIpc) is 2.46. The molecule has 1 aliphatic heterocycles. The molecule has 0 bridgehead atoms. The van der Waals surface area contributed by atoms with Crippen molar-refractivity contribution in [2.45, 2.75) is 17.7 Å². The van der Waals surface area contributed by atoms with Crippen LogP contribution < -0.4 is 10.2 Å². The highest BCUT2D eigenvalue weighted by Gasteiger charge is 2.08. The van der Waals surface area contributed by atoms with E-state index >= 15 is 0 Å².